The Bertz CT molecular complexity index is 613. The number of fused-ring (bicyclic) bond motifs is 1. The molecule has 0 spiro atoms. The van der Waals surface area contributed by atoms with Crippen molar-refractivity contribution >= 4 is 0 Å². The van der Waals surface area contributed by atoms with Gasteiger partial charge in [0.05, 0.1) is 6.10 Å². The molecule has 1 aliphatic carbocycles. The topological polar surface area (TPSA) is 20.2 Å². The van der Waals surface area contributed by atoms with Crippen LogP contribution in [-0.2, 0) is 18.3 Å². The summed E-state index contributed by atoms with van der Waals surface area (Å²) in [4.78, 5) is 0. The molecule has 1 N–H and O–H groups in total. The zero-order valence-electron chi connectivity index (χ0n) is 13.0. The predicted octanol–water partition coefficient (Wildman–Crippen LogP) is 4.58. The molecule has 0 saturated carbocycles. The van der Waals surface area contributed by atoms with Gasteiger partial charge in [0.15, 0.2) is 0 Å². The maximum Gasteiger partial charge on any atom is 0.0881 e. The van der Waals surface area contributed by atoms with Crippen molar-refractivity contribution in [1.82, 2.24) is 0 Å². The highest BCUT2D eigenvalue weighted by atomic mass is 16.3. The lowest BCUT2D eigenvalue weighted by atomic mass is 9.76. The number of hydrogen-bond donors (Lipinski definition) is 1. The lowest BCUT2D eigenvalue weighted by Crippen LogP contribution is -2.27. The lowest BCUT2D eigenvalue weighted by Gasteiger charge is -2.32. The normalized spacial score (nSPS) is 16.3. The van der Waals surface area contributed by atoms with Gasteiger partial charge in [-0.1, -0.05) is 62.4 Å². The van der Waals surface area contributed by atoms with E-state index in [2.05, 4.69) is 44.2 Å². The standard InChI is InChI=1S/C20H24O/c1-20(2,18-10-4-3-5-11-18)19(21)17-13-12-15-8-6-7-9-16(15)14-17/h3-5,10-14,19,21H,6-9H2,1-2H3. The molecule has 110 valence electrons. The fraction of sp³-hybridized carbons (Fsp3) is 0.400. The van der Waals surface area contributed by atoms with Crippen LogP contribution in [0.5, 0.6) is 0 Å². The molecular formula is C20H24O. The number of benzene rings is 2. The van der Waals surface area contributed by atoms with Crippen LogP contribution in [0.15, 0.2) is 48.5 Å². The van der Waals surface area contributed by atoms with Crippen LogP contribution in [0.1, 0.15) is 55.0 Å². The van der Waals surface area contributed by atoms with E-state index in [9.17, 15) is 5.11 Å². The van der Waals surface area contributed by atoms with Crippen molar-refractivity contribution in [3.05, 3.63) is 70.8 Å². The first-order valence-electron chi connectivity index (χ1n) is 7.94. The first-order valence-corrected chi connectivity index (χ1v) is 7.94. The molecule has 1 nitrogen and oxygen atoms in total. The SMILES string of the molecule is CC(C)(c1ccccc1)C(O)c1ccc2c(c1)CCCC2. The van der Waals surface area contributed by atoms with E-state index in [1.807, 2.05) is 18.2 Å². The third-order valence-corrected chi connectivity index (χ3v) is 4.89. The van der Waals surface area contributed by atoms with Crippen molar-refractivity contribution < 1.29 is 5.11 Å². The van der Waals surface area contributed by atoms with E-state index < -0.39 is 6.10 Å². The van der Waals surface area contributed by atoms with Crippen LogP contribution in [0.25, 0.3) is 0 Å². The van der Waals surface area contributed by atoms with Crippen LogP contribution in [0, 0.1) is 0 Å². The summed E-state index contributed by atoms with van der Waals surface area (Å²) in [5.41, 5.74) is 4.83. The first-order chi connectivity index (χ1) is 10.1. The fourth-order valence-corrected chi connectivity index (χ4v) is 3.37. The van der Waals surface area contributed by atoms with Crippen molar-refractivity contribution in [3.8, 4) is 0 Å². The molecule has 0 radical (unpaired) electrons. The van der Waals surface area contributed by atoms with E-state index in [0.717, 1.165) is 12.0 Å². The Morgan fingerprint density at radius 2 is 1.57 bits per heavy atom. The molecule has 0 fully saturated rings. The third kappa shape index (κ3) is 2.75. The fourth-order valence-electron chi connectivity index (χ4n) is 3.37. The Hall–Kier alpha value is -1.60. The number of aliphatic hydroxyl groups excluding tert-OH is 1. The van der Waals surface area contributed by atoms with E-state index in [0.29, 0.717) is 0 Å². The highest BCUT2D eigenvalue weighted by Gasteiger charge is 2.31. The summed E-state index contributed by atoms with van der Waals surface area (Å²) >= 11 is 0. The molecular weight excluding hydrogens is 256 g/mol. The van der Waals surface area contributed by atoms with Gasteiger partial charge in [0, 0.05) is 5.41 Å². The summed E-state index contributed by atoms with van der Waals surface area (Å²) in [6.45, 7) is 4.24. The van der Waals surface area contributed by atoms with E-state index in [-0.39, 0.29) is 5.41 Å². The van der Waals surface area contributed by atoms with E-state index in [1.54, 1.807) is 0 Å². The second-order valence-electron chi connectivity index (χ2n) is 6.73. The Morgan fingerprint density at radius 3 is 2.29 bits per heavy atom. The quantitative estimate of drug-likeness (QED) is 0.872. The Labute approximate surface area is 127 Å². The maximum absolute atomic E-state index is 10.9. The van der Waals surface area contributed by atoms with Crippen LogP contribution >= 0.6 is 0 Å². The molecule has 3 rings (SSSR count). The lowest BCUT2D eigenvalue weighted by molar-refractivity contribution is 0.100. The van der Waals surface area contributed by atoms with Crippen molar-refractivity contribution in [1.29, 1.82) is 0 Å². The van der Waals surface area contributed by atoms with Crippen LogP contribution in [0.4, 0.5) is 0 Å². The Kier molecular flexibility index (Phi) is 3.86. The van der Waals surface area contributed by atoms with Gasteiger partial charge in [0.2, 0.25) is 0 Å². The number of aliphatic hydroxyl groups is 1. The van der Waals surface area contributed by atoms with Crippen molar-refractivity contribution in [2.24, 2.45) is 0 Å². The minimum absolute atomic E-state index is 0.288. The zero-order chi connectivity index (χ0) is 14.9. The molecule has 0 amide bonds. The first kappa shape index (κ1) is 14.3. The highest BCUT2D eigenvalue weighted by molar-refractivity contribution is 5.37. The van der Waals surface area contributed by atoms with Gasteiger partial charge >= 0.3 is 0 Å². The molecule has 1 unspecified atom stereocenters. The number of aryl methyl sites for hydroxylation is 2. The smallest absolute Gasteiger partial charge is 0.0881 e. The Balaban J connectivity index is 1.92. The summed E-state index contributed by atoms with van der Waals surface area (Å²) in [6.07, 6.45) is 4.43. The van der Waals surface area contributed by atoms with E-state index >= 15 is 0 Å². The zero-order valence-corrected chi connectivity index (χ0v) is 13.0. The van der Waals surface area contributed by atoms with Crippen LogP contribution < -0.4 is 0 Å². The molecule has 1 heteroatoms. The maximum atomic E-state index is 10.9. The Morgan fingerprint density at radius 1 is 0.905 bits per heavy atom. The van der Waals surface area contributed by atoms with Crippen LogP contribution in [0.2, 0.25) is 0 Å². The average molecular weight is 280 g/mol. The van der Waals surface area contributed by atoms with Gasteiger partial charge in [-0.2, -0.15) is 0 Å². The van der Waals surface area contributed by atoms with Gasteiger partial charge < -0.3 is 5.11 Å². The largest absolute Gasteiger partial charge is 0.388 e. The molecule has 2 aromatic rings. The second-order valence-corrected chi connectivity index (χ2v) is 6.73. The summed E-state index contributed by atoms with van der Waals surface area (Å²) in [5.74, 6) is 0. The van der Waals surface area contributed by atoms with Crippen molar-refractivity contribution in [2.45, 2.75) is 51.0 Å². The van der Waals surface area contributed by atoms with Gasteiger partial charge in [0.1, 0.15) is 0 Å². The average Bonchev–Trinajstić information content (AvgIpc) is 2.54. The van der Waals surface area contributed by atoms with Crippen LogP contribution in [-0.4, -0.2) is 5.11 Å². The predicted molar refractivity (Wildman–Crippen MR) is 87.5 cm³/mol. The minimum Gasteiger partial charge on any atom is -0.388 e. The van der Waals surface area contributed by atoms with Gasteiger partial charge in [-0.3, -0.25) is 0 Å². The second kappa shape index (κ2) is 5.65. The van der Waals surface area contributed by atoms with E-state index in [4.69, 9.17) is 0 Å². The van der Waals surface area contributed by atoms with Crippen molar-refractivity contribution in [2.75, 3.05) is 0 Å². The van der Waals surface area contributed by atoms with Crippen LogP contribution in [0.3, 0.4) is 0 Å². The monoisotopic (exact) mass is 280 g/mol. The third-order valence-electron chi connectivity index (χ3n) is 4.89. The molecule has 0 heterocycles. The van der Waals surface area contributed by atoms with Gasteiger partial charge in [0.25, 0.3) is 0 Å². The van der Waals surface area contributed by atoms with E-state index in [1.165, 1.54) is 36.0 Å². The number of rotatable bonds is 3. The molecule has 2 aromatic carbocycles. The molecule has 0 bridgehead atoms. The molecule has 0 aromatic heterocycles. The summed E-state index contributed by atoms with van der Waals surface area (Å²) in [5, 5.41) is 10.9. The minimum atomic E-state index is -0.480. The molecule has 0 saturated heterocycles. The van der Waals surface area contributed by atoms with Gasteiger partial charge in [-0.25, -0.2) is 0 Å². The summed E-state index contributed by atoms with van der Waals surface area (Å²) < 4.78 is 0. The summed E-state index contributed by atoms with van der Waals surface area (Å²) in [6, 6.07) is 16.8. The molecule has 21 heavy (non-hydrogen) atoms. The molecule has 1 aliphatic rings. The summed E-state index contributed by atoms with van der Waals surface area (Å²) in [7, 11) is 0. The highest BCUT2D eigenvalue weighted by Crippen LogP contribution is 2.37. The number of hydrogen-bond acceptors (Lipinski definition) is 1. The molecule has 1 atom stereocenters. The molecule has 0 aliphatic heterocycles. The van der Waals surface area contributed by atoms with Crippen molar-refractivity contribution in [3.63, 3.8) is 0 Å². The van der Waals surface area contributed by atoms with Gasteiger partial charge in [-0.15, -0.1) is 0 Å². The van der Waals surface area contributed by atoms with Gasteiger partial charge in [-0.05, 0) is 47.9 Å².